The molecular weight excluding hydrogens is 1020 g/mol. The van der Waals surface area contributed by atoms with Crippen molar-refractivity contribution in [2.45, 2.75) is 59.7 Å². The maximum Gasteiger partial charge on any atom is 0.129 e. The SMILES string of the molecule is C[Si](C)(C)c1ccc(-c2[c-]cccc2)nc1.Cc1cc(-c2ccc3c(c2)sc2c(-c4nc5ccc(F)cc5n4-c4c(-c5ccccc5)cccc4C(C)(C)C)[c-]ccc23)cc(C)c1F.[Ir]. The van der Waals surface area contributed by atoms with E-state index in [0.717, 1.165) is 70.5 Å². The normalized spacial score (nSPS) is 11.7. The third-order valence-corrected chi connectivity index (χ3v) is 15.0. The summed E-state index contributed by atoms with van der Waals surface area (Å²) < 4.78 is 33.9. The standard InChI is InChI=1S/C43H33F2N2S.C14H16NSi.Ir/c1-25-21-29(22-26(2)39(25)45)28-17-19-32-33-14-9-15-34(41(33)48-38(32)23-28)42-46-36-20-18-30(44)24-37(36)47(42)40-31(27-11-7-6-8-12-27)13-10-16-35(40)43(3,4)5;1-16(2,3)13-9-10-14(15-11-13)12-7-5-4-6-8-12;/h6-14,16-24H,1-5H3;4-7,9-11H,1-3H3;/q2*-1;. The molecule has 0 atom stereocenters. The molecule has 327 valence electrons. The average molecular weight is 1070 g/mol. The first-order chi connectivity index (χ1) is 30.7. The van der Waals surface area contributed by atoms with Crippen molar-refractivity contribution < 1.29 is 28.9 Å². The van der Waals surface area contributed by atoms with E-state index in [4.69, 9.17) is 4.98 Å². The molecule has 0 aliphatic carbocycles. The van der Waals surface area contributed by atoms with Crippen LogP contribution in [0.1, 0.15) is 37.5 Å². The maximum atomic E-state index is 15.1. The van der Waals surface area contributed by atoms with Crippen LogP contribution in [0.5, 0.6) is 0 Å². The Morgan fingerprint density at radius 1 is 0.677 bits per heavy atom. The van der Waals surface area contributed by atoms with Gasteiger partial charge >= 0.3 is 0 Å². The monoisotopic (exact) mass is 1070 g/mol. The molecule has 0 spiro atoms. The van der Waals surface area contributed by atoms with E-state index in [1.54, 1.807) is 23.5 Å². The van der Waals surface area contributed by atoms with E-state index < -0.39 is 8.07 Å². The molecule has 0 saturated carbocycles. The molecule has 0 saturated heterocycles. The number of halogens is 2. The summed E-state index contributed by atoms with van der Waals surface area (Å²) in [7, 11) is -1.23. The third-order valence-electron chi connectivity index (χ3n) is 11.8. The van der Waals surface area contributed by atoms with Crippen LogP contribution < -0.4 is 5.19 Å². The molecule has 0 bridgehead atoms. The van der Waals surface area contributed by atoms with Gasteiger partial charge in [-0.25, -0.2) is 8.78 Å². The number of fused-ring (bicyclic) bond motifs is 4. The number of aromatic nitrogens is 3. The Kier molecular flexibility index (Phi) is 12.8. The molecular formula is C57H49F2IrN3SSi-2. The molecule has 8 heteroatoms. The Balaban J connectivity index is 0.000000287. The summed E-state index contributed by atoms with van der Waals surface area (Å²) >= 11 is 1.70. The summed E-state index contributed by atoms with van der Waals surface area (Å²) in [5, 5.41) is 3.64. The van der Waals surface area contributed by atoms with Crippen LogP contribution in [0.3, 0.4) is 0 Å². The quantitative estimate of drug-likeness (QED) is 0.123. The van der Waals surface area contributed by atoms with Crippen LogP contribution in [0.15, 0.2) is 152 Å². The van der Waals surface area contributed by atoms with Gasteiger partial charge in [-0.2, -0.15) is 11.3 Å². The van der Waals surface area contributed by atoms with Gasteiger partial charge in [-0.1, -0.05) is 124 Å². The zero-order valence-electron chi connectivity index (χ0n) is 37.8. The first-order valence-electron chi connectivity index (χ1n) is 21.6. The van der Waals surface area contributed by atoms with Crippen LogP contribution in [0, 0.1) is 37.6 Å². The summed E-state index contributed by atoms with van der Waals surface area (Å²) in [6, 6.07) is 54.9. The summed E-state index contributed by atoms with van der Waals surface area (Å²) in [5.74, 6) is 0.243. The number of pyridine rings is 1. The van der Waals surface area contributed by atoms with Crippen molar-refractivity contribution in [1.82, 2.24) is 14.5 Å². The van der Waals surface area contributed by atoms with Crippen LogP contribution in [-0.4, -0.2) is 22.6 Å². The minimum absolute atomic E-state index is 0. The predicted molar refractivity (Wildman–Crippen MR) is 269 cm³/mol. The molecule has 10 aromatic rings. The van der Waals surface area contributed by atoms with E-state index >= 15 is 4.39 Å². The number of benzene rings is 7. The number of para-hydroxylation sites is 1. The summed E-state index contributed by atoms with van der Waals surface area (Å²) in [4.78, 5) is 9.73. The number of thiophene rings is 1. The molecule has 65 heavy (non-hydrogen) atoms. The van der Waals surface area contributed by atoms with Crippen molar-refractivity contribution in [3.63, 3.8) is 0 Å². The van der Waals surface area contributed by atoms with E-state index in [0.29, 0.717) is 28.0 Å². The molecule has 0 aliphatic heterocycles. The van der Waals surface area contributed by atoms with Gasteiger partial charge in [0.1, 0.15) is 11.6 Å². The van der Waals surface area contributed by atoms with Gasteiger partial charge in [0, 0.05) is 36.6 Å². The van der Waals surface area contributed by atoms with Crippen molar-refractivity contribution in [1.29, 1.82) is 0 Å². The second kappa shape index (κ2) is 18.2. The van der Waals surface area contributed by atoms with Crippen LogP contribution in [0.2, 0.25) is 19.6 Å². The van der Waals surface area contributed by atoms with E-state index in [1.165, 1.54) is 11.3 Å². The minimum atomic E-state index is -1.23. The van der Waals surface area contributed by atoms with E-state index in [9.17, 15) is 4.39 Å². The van der Waals surface area contributed by atoms with Gasteiger partial charge in [0.15, 0.2) is 0 Å². The van der Waals surface area contributed by atoms with Crippen molar-refractivity contribution in [3.05, 3.63) is 192 Å². The zero-order chi connectivity index (χ0) is 44.9. The number of rotatable bonds is 6. The van der Waals surface area contributed by atoms with Crippen LogP contribution in [-0.2, 0) is 25.5 Å². The van der Waals surface area contributed by atoms with Crippen LogP contribution in [0.25, 0.3) is 81.8 Å². The maximum absolute atomic E-state index is 15.1. The second-order valence-electron chi connectivity index (χ2n) is 18.5. The van der Waals surface area contributed by atoms with Crippen LogP contribution >= 0.6 is 11.3 Å². The molecule has 1 radical (unpaired) electrons. The van der Waals surface area contributed by atoms with Gasteiger partial charge in [-0.15, -0.1) is 54.1 Å². The van der Waals surface area contributed by atoms with Gasteiger partial charge in [-0.05, 0) is 110 Å². The summed E-state index contributed by atoms with van der Waals surface area (Å²) in [6.45, 7) is 17.2. The van der Waals surface area contributed by atoms with E-state index in [-0.39, 0.29) is 37.2 Å². The number of aryl methyl sites for hydroxylation is 2. The van der Waals surface area contributed by atoms with Gasteiger partial charge in [0.25, 0.3) is 0 Å². The second-order valence-corrected chi connectivity index (χ2v) is 24.6. The number of hydrogen-bond acceptors (Lipinski definition) is 3. The Hall–Kier alpha value is -5.89. The van der Waals surface area contributed by atoms with Crippen molar-refractivity contribution in [2.75, 3.05) is 0 Å². The Morgan fingerprint density at radius 2 is 1.43 bits per heavy atom. The molecule has 0 aliphatic rings. The third kappa shape index (κ3) is 9.06. The van der Waals surface area contributed by atoms with E-state index in [2.05, 4.69) is 129 Å². The molecule has 7 aromatic carbocycles. The molecule has 0 unspecified atom stereocenters. The zero-order valence-corrected chi connectivity index (χ0v) is 42.0. The minimum Gasteiger partial charge on any atom is -0.332 e. The largest absolute Gasteiger partial charge is 0.332 e. The van der Waals surface area contributed by atoms with E-state index in [1.807, 2.05) is 80.7 Å². The molecule has 3 nitrogen and oxygen atoms in total. The Labute approximate surface area is 399 Å². The Morgan fingerprint density at radius 3 is 2.11 bits per heavy atom. The fourth-order valence-corrected chi connectivity index (χ4v) is 10.7. The van der Waals surface area contributed by atoms with Crippen molar-refractivity contribution in [3.8, 4) is 50.6 Å². The number of imidazole rings is 1. The topological polar surface area (TPSA) is 30.7 Å². The van der Waals surface area contributed by atoms with Gasteiger partial charge in [-0.3, -0.25) is 4.98 Å². The average Bonchev–Trinajstić information content (AvgIpc) is 3.86. The van der Waals surface area contributed by atoms with Crippen molar-refractivity contribution >= 4 is 55.8 Å². The first kappa shape index (κ1) is 45.7. The summed E-state index contributed by atoms with van der Waals surface area (Å²) in [6.07, 6.45) is 2.02. The van der Waals surface area contributed by atoms with Crippen molar-refractivity contribution in [2.24, 2.45) is 0 Å². The molecule has 0 amide bonds. The van der Waals surface area contributed by atoms with Crippen LogP contribution in [0.4, 0.5) is 8.78 Å². The fraction of sp³-hybridized carbons (Fsp3) is 0.158. The Bertz CT molecular complexity index is 3310. The molecule has 3 heterocycles. The molecule has 10 rings (SSSR count). The predicted octanol–water partition coefficient (Wildman–Crippen LogP) is 15.5. The summed E-state index contributed by atoms with van der Waals surface area (Å²) in [5.41, 5.74) is 11.7. The smallest absolute Gasteiger partial charge is 0.129 e. The molecule has 0 N–H and O–H groups in total. The fourth-order valence-electron chi connectivity index (χ4n) is 8.43. The first-order valence-corrected chi connectivity index (χ1v) is 25.9. The molecule has 0 fully saturated rings. The van der Waals surface area contributed by atoms with Gasteiger partial charge < -0.3 is 9.55 Å². The number of hydrogen-bond donors (Lipinski definition) is 0. The molecule has 3 aromatic heterocycles. The number of nitrogens with zero attached hydrogens (tertiary/aromatic N) is 3. The van der Waals surface area contributed by atoms with Gasteiger partial charge in [0.2, 0.25) is 0 Å². The van der Waals surface area contributed by atoms with Gasteiger partial charge in [0.05, 0.1) is 30.6 Å².